The SMILES string of the molecule is Cc1nc(COc2ccccc2C(=O)N2CCN(c3cccc(C)c3C)CC2)no1. The number of para-hydroxylation sites is 1. The third-order valence-corrected chi connectivity index (χ3v) is 5.53. The molecule has 156 valence electrons. The van der Waals surface area contributed by atoms with Gasteiger partial charge in [-0.25, -0.2) is 0 Å². The molecule has 1 fully saturated rings. The maximum absolute atomic E-state index is 13.2. The van der Waals surface area contributed by atoms with E-state index in [1.54, 1.807) is 19.1 Å². The van der Waals surface area contributed by atoms with Crippen LogP contribution < -0.4 is 9.64 Å². The van der Waals surface area contributed by atoms with Gasteiger partial charge in [0.2, 0.25) is 11.7 Å². The molecule has 0 bridgehead atoms. The van der Waals surface area contributed by atoms with Crippen molar-refractivity contribution in [2.45, 2.75) is 27.4 Å². The number of piperazine rings is 1. The zero-order valence-corrected chi connectivity index (χ0v) is 17.6. The van der Waals surface area contributed by atoms with Crippen LogP contribution in [0.25, 0.3) is 0 Å². The molecule has 0 radical (unpaired) electrons. The topological polar surface area (TPSA) is 71.7 Å². The van der Waals surface area contributed by atoms with Gasteiger partial charge in [0.15, 0.2) is 6.61 Å². The van der Waals surface area contributed by atoms with Crippen molar-refractivity contribution in [3.05, 3.63) is 70.9 Å². The highest BCUT2D eigenvalue weighted by Gasteiger charge is 2.25. The summed E-state index contributed by atoms with van der Waals surface area (Å²) in [7, 11) is 0. The van der Waals surface area contributed by atoms with Gasteiger partial charge in [-0.15, -0.1) is 0 Å². The Morgan fingerprint density at radius 1 is 1.03 bits per heavy atom. The molecule has 4 rings (SSSR count). The fraction of sp³-hybridized carbons (Fsp3) is 0.348. The maximum atomic E-state index is 13.2. The van der Waals surface area contributed by atoms with Crippen LogP contribution in [0.3, 0.4) is 0 Å². The molecule has 0 atom stereocenters. The lowest BCUT2D eigenvalue weighted by Crippen LogP contribution is -2.49. The highest BCUT2D eigenvalue weighted by molar-refractivity contribution is 5.97. The number of benzene rings is 2. The molecule has 2 heterocycles. The van der Waals surface area contributed by atoms with Gasteiger partial charge >= 0.3 is 0 Å². The van der Waals surface area contributed by atoms with Crippen LogP contribution in [0.15, 0.2) is 47.0 Å². The van der Waals surface area contributed by atoms with Crippen LogP contribution in [0.4, 0.5) is 5.69 Å². The van der Waals surface area contributed by atoms with E-state index in [0.29, 0.717) is 36.1 Å². The fourth-order valence-electron chi connectivity index (χ4n) is 3.71. The maximum Gasteiger partial charge on any atom is 0.257 e. The first-order valence-corrected chi connectivity index (χ1v) is 10.1. The normalized spacial score (nSPS) is 14.1. The van der Waals surface area contributed by atoms with Crippen molar-refractivity contribution in [1.82, 2.24) is 15.0 Å². The van der Waals surface area contributed by atoms with E-state index in [0.717, 1.165) is 13.1 Å². The number of ether oxygens (including phenoxy) is 1. The zero-order chi connectivity index (χ0) is 21.1. The van der Waals surface area contributed by atoms with Gasteiger partial charge in [0.25, 0.3) is 5.91 Å². The standard InChI is InChI=1S/C23H26N4O3/c1-16-7-6-9-20(17(16)2)26-11-13-27(14-12-26)23(28)19-8-4-5-10-21(19)29-15-22-24-18(3)30-25-22/h4-10H,11-15H2,1-3H3. The molecule has 1 saturated heterocycles. The molecule has 3 aromatic rings. The average Bonchev–Trinajstić information content (AvgIpc) is 3.19. The van der Waals surface area contributed by atoms with Gasteiger partial charge in [-0.2, -0.15) is 4.98 Å². The summed E-state index contributed by atoms with van der Waals surface area (Å²) in [6.45, 7) is 9.12. The molecule has 1 aliphatic heterocycles. The highest BCUT2D eigenvalue weighted by atomic mass is 16.5. The molecule has 1 amide bonds. The summed E-state index contributed by atoms with van der Waals surface area (Å²) in [6.07, 6.45) is 0. The van der Waals surface area contributed by atoms with Crippen molar-refractivity contribution < 1.29 is 14.1 Å². The van der Waals surface area contributed by atoms with Gasteiger partial charge in [-0.1, -0.05) is 29.4 Å². The number of carbonyl (C=O) groups excluding carboxylic acids is 1. The molecule has 1 aliphatic rings. The molecular formula is C23H26N4O3. The Kier molecular flexibility index (Phi) is 5.70. The minimum atomic E-state index is -0.0180. The number of nitrogens with zero attached hydrogens (tertiary/aromatic N) is 4. The van der Waals surface area contributed by atoms with Gasteiger partial charge < -0.3 is 19.1 Å². The Morgan fingerprint density at radius 2 is 1.80 bits per heavy atom. The lowest BCUT2D eigenvalue weighted by Gasteiger charge is -2.37. The van der Waals surface area contributed by atoms with E-state index >= 15 is 0 Å². The third kappa shape index (κ3) is 4.15. The Morgan fingerprint density at radius 3 is 2.53 bits per heavy atom. The lowest BCUT2D eigenvalue weighted by atomic mass is 10.1. The lowest BCUT2D eigenvalue weighted by molar-refractivity contribution is 0.0741. The number of anilines is 1. The third-order valence-electron chi connectivity index (χ3n) is 5.53. The predicted octanol–water partition coefficient (Wildman–Crippen LogP) is 3.54. The van der Waals surface area contributed by atoms with Crippen molar-refractivity contribution in [2.24, 2.45) is 0 Å². The van der Waals surface area contributed by atoms with Crippen molar-refractivity contribution in [1.29, 1.82) is 0 Å². The Labute approximate surface area is 176 Å². The summed E-state index contributed by atoms with van der Waals surface area (Å²) >= 11 is 0. The zero-order valence-electron chi connectivity index (χ0n) is 17.6. The smallest absolute Gasteiger partial charge is 0.257 e. The van der Waals surface area contributed by atoms with Gasteiger partial charge in [-0.05, 0) is 43.2 Å². The van der Waals surface area contributed by atoms with Crippen molar-refractivity contribution in [3.8, 4) is 5.75 Å². The van der Waals surface area contributed by atoms with Crippen LogP contribution in [-0.2, 0) is 6.61 Å². The van der Waals surface area contributed by atoms with Crippen LogP contribution in [0.1, 0.15) is 33.2 Å². The number of hydrogen-bond donors (Lipinski definition) is 0. The van der Waals surface area contributed by atoms with E-state index in [9.17, 15) is 4.79 Å². The number of aryl methyl sites for hydroxylation is 2. The van der Waals surface area contributed by atoms with Gasteiger partial charge in [0.05, 0.1) is 5.56 Å². The van der Waals surface area contributed by atoms with Gasteiger partial charge in [0.1, 0.15) is 5.75 Å². The monoisotopic (exact) mass is 406 g/mol. The Hall–Kier alpha value is -3.35. The van der Waals surface area contributed by atoms with Crippen LogP contribution in [-0.4, -0.2) is 47.1 Å². The van der Waals surface area contributed by atoms with Crippen molar-refractivity contribution in [2.75, 3.05) is 31.1 Å². The molecule has 0 aliphatic carbocycles. The Balaban J connectivity index is 1.42. The average molecular weight is 406 g/mol. The second-order valence-electron chi connectivity index (χ2n) is 7.51. The molecule has 7 heteroatoms. The molecule has 0 unspecified atom stereocenters. The van der Waals surface area contributed by atoms with Crippen LogP contribution in [0.2, 0.25) is 0 Å². The van der Waals surface area contributed by atoms with Crippen molar-refractivity contribution in [3.63, 3.8) is 0 Å². The highest BCUT2D eigenvalue weighted by Crippen LogP contribution is 2.26. The fourth-order valence-corrected chi connectivity index (χ4v) is 3.71. The quantitative estimate of drug-likeness (QED) is 0.645. The Bertz CT molecular complexity index is 1040. The summed E-state index contributed by atoms with van der Waals surface area (Å²) < 4.78 is 10.8. The molecule has 0 saturated carbocycles. The second-order valence-corrected chi connectivity index (χ2v) is 7.51. The van der Waals surface area contributed by atoms with E-state index in [1.165, 1.54) is 16.8 Å². The number of aromatic nitrogens is 2. The summed E-state index contributed by atoms with van der Waals surface area (Å²) in [5.74, 6) is 1.45. The largest absolute Gasteiger partial charge is 0.485 e. The molecular weight excluding hydrogens is 380 g/mol. The van der Waals surface area contributed by atoms with Crippen LogP contribution >= 0.6 is 0 Å². The van der Waals surface area contributed by atoms with E-state index in [2.05, 4.69) is 47.1 Å². The first-order chi connectivity index (χ1) is 14.5. The molecule has 7 nitrogen and oxygen atoms in total. The molecule has 0 N–H and O–H groups in total. The molecule has 2 aromatic carbocycles. The van der Waals surface area contributed by atoms with E-state index < -0.39 is 0 Å². The first-order valence-electron chi connectivity index (χ1n) is 10.1. The summed E-state index contributed by atoms with van der Waals surface area (Å²) in [5, 5.41) is 3.83. The number of carbonyl (C=O) groups is 1. The molecule has 0 spiro atoms. The van der Waals surface area contributed by atoms with E-state index in [4.69, 9.17) is 9.26 Å². The van der Waals surface area contributed by atoms with Crippen molar-refractivity contribution >= 4 is 11.6 Å². The second kappa shape index (κ2) is 8.57. The van der Waals surface area contributed by atoms with Gasteiger partial charge in [0, 0.05) is 38.8 Å². The first kappa shape index (κ1) is 19.9. The van der Waals surface area contributed by atoms with Crippen LogP contribution in [0, 0.1) is 20.8 Å². The minimum absolute atomic E-state index is 0.0180. The number of rotatable bonds is 5. The minimum Gasteiger partial charge on any atom is -0.485 e. The predicted molar refractivity (Wildman–Crippen MR) is 114 cm³/mol. The summed E-state index contributed by atoms with van der Waals surface area (Å²) in [5.41, 5.74) is 4.39. The number of hydrogen-bond acceptors (Lipinski definition) is 6. The summed E-state index contributed by atoms with van der Waals surface area (Å²) in [4.78, 5) is 21.6. The molecule has 1 aromatic heterocycles. The van der Waals surface area contributed by atoms with Crippen LogP contribution in [0.5, 0.6) is 5.75 Å². The van der Waals surface area contributed by atoms with E-state index in [1.807, 2.05) is 17.0 Å². The van der Waals surface area contributed by atoms with E-state index in [-0.39, 0.29) is 12.5 Å². The van der Waals surface area contributed by atoms with Gasteiger partial charge in [-0.3, -0.25) is 4.79 Å². The molecule has 30 heavy (non-hydrogen) atoms. The summed E-state index contributed by atoms with van der Waals surface area (Å²) in [6, 6.07) is 13.7. The number of amides is 1.